The first-order chi connectivity index (χ1) is 7.88. The van der Waals surface area contributed by atoms with Gasteiger partial charge in [0, 0.05) is 0 Å². The Hall–Kier alpha value is -1.03. The van der Waals surface area contributed by atoms with Gasteiger partial charge in [-0.2, -0.15) is 13.2 Å². The van der Waals surface area contributed by atoms with Crippen LogP contribution in [0.1, 0.15) is 42.1 Å². The Bertz CT molecular complexity index is 408. The number of aryl methyl sites for hydroxylation is 1. The van der Waals surface area contributed by atoms with Gasteiger partial charge in [0.2, 0.25) is 0 Å². The molecule has 1 saturated carbocycles. The molecular formula is C13H15F3O. The van der Waals surface area contributed by atoms with Crippen LogP contribution >= 0.6 is 0 Å². The number of aliphatic hydroxyl groups excluding tert-OH is 1. The maximum Gasteiger partial charge on any atom is 0.416 e. The predicted molar refractivity (Wildman–Crippen MR) is 58.5 cm³/mol. The smallest absolute Gasteiger partial charge is 0.388 e. The maximum atomic E-state index is 12.5. The third-order valence-electron chi connectivity index (χ3n) is 3.21. The second-order valence-electron chi connectivity index (χ2n) is 4.76. The van der Waals surface area contributed by atoms with Crippen LogP contribution in [0.25, 0.3) is 0 Å². The standard InChI is InChI=1S/C13H15F3O/c1-8-6-10(13(14,15)16)4-5-11(8)12(17)7-9-2-3-9/h4-6,9,12,17H,2-3,7H2,1H3. The Morgan fingerprint density at radius 1 is 1.35 bits per heavy atom. The van der Waals surface area contributed by atoms with Crippen LogP contribution in [0.2, 0.25) is 0 Å². The molecule has 1 atom stereocenters. The van der Waals surface area contributed by atoms with Crippen molar-refractivity contribution in [1.29, 1.82) is 0 Å². The second-order valence-corrected chi connectivity index (χ2v) is 4.76. The lowest BCUT2D eigenvalue weighted by atomic mass is 9.97. The van der Waals surface area contributed by atoms with Crippen LogP contribution in [-0.4, -0.2) is 5.11 Å². The van der Waals surface area contributed by atoms with E-state index < -0.39 is 17.8 Å². The summed E-state index contributed by atoms with van der Waals surface area (Å²) in [5.41, 5.74) is 0.468. The average molecular weight is 244 g/mol. The molecule has 1 aromatic carbocycles. The van der Waals surface area contributed by atoms with E-state index in [9.17, 15) is 18.3 Å². The average Bonchev–Trinajstić information content (AvgIpc) is 2.99. The molecule has 1 unspecified atom stereocenters. The van der Waals surface area contributed by atoms with E-state index in [1.54, 1.807) is 6.92 Å². The Balaban J connectivity index is 2.18. The largest absolute Gasteiger partial charge is 0.416 e. The molecular weight excluding hydrogens is 229 g/mol. The Morgan fingerprint density at radius 3 is 2.47 bits per heavy atom. The fourth-order valence-corrected chi connectivity index (χ4v) is 2.02. The summed E-state index contributed by atoms with van der Waals surface area (Å²) in [6.45, 7) is 1.61. The minimum atomic E-state index is -4.31. The van der Waals surface area contributed by atoms with Crippen LogP contribution in [-0.2, 0) is 6.18 Å². The molecule has 0 amide bonds. The van der Waals surface area contributed by atoms with Gasteiger partial charge in [-0.25, -0.2) is 0 Å². The number of aliphatic hydroxyl groups is 1. The SMILES string of the molecule is Cc1cc(C(F)(F)F)ccc1C(O)CC1CC1. The highest BCUT2D eigenvalue weighted by Crippen LogP contribution is 2.39. The van der Waals surface area contributed by atoms with Crippen LogP contribution < -0.4 is 0 Å². The quantitative estimate of drug-likeness (QED) is 0.856. The molecule has 0 aromatic heterocycles. The summed E-state index contributed by atoms with van der Waals surface area (Å²) in [5, 5.41) is 9.92. The highest BCUT2D eigenvalue weighted by atomic mass is 19.4. The van der Waals surface area contributed by atoms with Crippen molar-refractivity contribution in [3.8, 4) is 0 Å². The first-order valence-electron chi connectivity index (χ1n) is 5.73. The van der Waals surface area contributed by atoms with E-state index in [4.69, 9.17) is 0 Å². The zero-order chi connectivity index (χ0) is 12.6. The Morgan fingerprint density at radius 2 is 2.00 bits per heavy atom. The summed E-state index contributed by atoms with van der Waals surface area (Å²) < 4.78 is 37.4. The van der Waals surface area contributed by atoms with Gasteiger partial charge in [0.15, 0.2) is 0 Å². The van der Waals surface area contributed by atoms with Crippen LogP contribution in [0.15, 0.2) is 18.2 Å². The number of alkyl halides is 3. The van der Waals surface area contributed by atoms with E-state index in [0.29, 0.717) is 23.5 Å². The number of rotatable bonds is 3. The van der Waals surface area contributed by atoms with Gasteiger partial charge in [0.05, 0.1) is 11.7 Å². The van der Waals surface area contributed by atoms with Gasteiger partial charge in [0.25, 0.3) is 0 Å². The molecule has 2 rings (SSSR count). The van der Waals surface area contributed by atoms with Crippen molar-refractivity contribution in [3.63, 3.8) is 0 Å². The van der Waals surface area contributed by atoms with Crippen molar-refractivity contribution in [1.82, 2.24) is 0 Å². The van der Waals surface area contributed by atoms with Crippen molar-refractivity contribution in [2.45, 2.75) is 38.5 Å². The molecule has 4 heteroatoms. The molecule has 0 radical (unpaired) electrons. The van der Waals surface area contributed by atoms with Crippen LogP contribution in [0.3, 0.4) is 0 Å². The van der Waals surface area contributed by atoms with Crippen molar-refractivity contribution >= 4 is 0 Å². The molecule has 1 aliphatic carbocycles. The van der Waals surface area contributed by atoms with Gasteiger partial charge >= 0.3 is 6.18 Å². The van der Waals surface area contributed by atoms with Gasteiger partial charge in [-0.15, -0.1) is 0 Å². The molecule has 0 aliphatic heterocycles. The zero-order valence-electron chi connectivity index (χ0n) is 9.59. The summed E-state index contributed by atoms with van der Waals surface area (Å²) in [5.74, 6) is 0.548. The summed E-state index contributed by atoms with van der Waals surface area (Å²) in [7, 11) is 0. The van der Waals surface area contributed by atoms with Gasteiger partial charge < -0.3 is 5.11 Å². The summed E-state index contributed by atoms with van der Waals surface area (Å²) in [6, 6.07) is 3.54. The van der Waals surface area contributed by atoms with E-state index in [2.05, 4.69) is 0 Å². The third-order valence-corrected chi connectivity index (χ3v) is 3.21. The van der Waals surface area contributed by atoms with Crippen LogP contribution in [0.5, 0.6) is 0 Å². The molecule has 94 valence electrons. The molecule has 0 saturated heterocycles. The van der Waals surface area contributed by atoms with Gasteiger partial charge in [-0.1, -0.05) is 18.9 Å². The summed E-state index contributed by atoms with van der Waals surface area (Å²) >= 11 is 0. The fraction of sp³-hybridized carbons (Fsp3) is 0.538. The molecule has 1 N–H and O–H groups in total. The van der Waals surface area contributed by atoms with Crippen molar-refractivity contribution < 1.29 is 18.3 Å². The first-order valence-corrected chi connectivity index (χ1v) is 5.73. The monoisotopic (exact) mass is 244 g/mol. The van der Waals surface area contributed by atoms with E-state index in [0.717, 1.165) is 25.0 Å². The van der Waals surface area contributed by atoms with Gasteiger partial charge in [-0.3, -0.25) is 0 Å². The Kier molecular flexibility index (Phi) is 3.17. The lowest BCUT2D eigenvalue weighted by Gasteiger charge is -2.15. The number of hydrogen-bond donors (Lipinski definition) is 1. The zero-order valence-corrected chi connectivity index (χ0v) is 9.59. The van der Waals surface area contributed by atoms with Gasteiger partial charge in [0.1, 0.15) is 0 Å². The highest BCUT2D eigenvalue weighted by Gasteiger charge is 2.31. The minimum absolute atomic E-state index is 0.507. The lowest BCUT2D eigenvalue weighted by Crippen LogP contribution is -2.07. The van der Waals surface area contributed by atoms with Crippen LogP contribution in [0, 0.1) is 12.8 Å². The summed E-state index contributed by atoms with van der Waals surface area (Å²) in [6.07, 6.45) is -2.05. The van der Waals surface area contributed by atoms with E-state index in [-0.39, 0.29) is 0 Å². The van der Waals surface area contributed by atoms with E-state index >= 15 is 0 Å². The van der Waals surface area contributed by atoms with Crippen molar-refractivity contribution in [2.24, 2.45) is 5.92 Å². The molecule has 17 heavy (non-hydrogen) atoms. The molecule has 1 nitrogen and oxygen atoms in total. The third kappa shape index (κ3) is 3.00. The molecule has 1 aromatic rings. The molecule has 0 spiro atoms. The topological polar surface area (TPSA) is 20.2 Å². The number of halogens is 3. The normalized spacial score (nSPS) is 18.2. The van der Waals surface area contributed by atoms with Crippen molar-refractivity contribution in [2.75, 3.05) is 0 Å². The van der Waals surface area contributed by atoms with Crippen LogP contribution in [0.4, 0.5) is 13.2 Å². The summed E-state index contributed by atoms with van der Waals surface area (Å²) in [4.78, 5) is 0. The molecule has 1 aliphatic rings. The second kappa shape index (κ2) is 4.33. The van der Waals surface area contributed by atoms with E-state index in [1.807, 2.05) is 0 Å². The minimum Gasteiger partial charge on any atom is -0.388 e. The van der Waals surface area contributed by atoms with Crippen molar-refractivity contribution in [3.05, 3.63) is 34.9 Å². The Labute approximate surface area is 98.3 Å². The molecule has 0 bridgehead atoms. The predicted octanol–water partition coefficient (Wildman–Crippen LogP) is 3.85. The lowest BCUT2D eigenvalue weighted by molar-refractivity contribution is -0.137. The van der Waals surface area contributed by atoms with E-state index in [1.165, 1.54) is 6.07 Å². The number of hydrogen-bond acceptors (Lipinski definition) is 1. The molecule has 0 heterocycles. The van der Waals surface area contributed by atoms with Gasteiger partial charge in [-0.05, 0) is 42.5 Å². The number of benzene rings is 1. The highest BCUT2D eigenvalue weighted by molar-refractivity contribution is 5.34. The maximum absolute atomic E-state index is 12.5. The fourth-order valence-electron chi connectivity index (χ4n) is 2.02. The molecule has 1 fully saturated rings. The first kappa shape index (κ1) is 12.4.